The van der Waals surface area contributed by atoms with E-state index in [1.165, 1.54) is 13.8 Å². The Morgan fingerprint density at radius 3 is 0.843 bits per heavy atom. The molecule has 0 rings (SSSR count). The number of carbonyl (C=O) groups is 9. The molecule has 0 bridgehead atoms. The fourth-order valence-corrected chi connectivity index (χ4v) is 7.56. The molecule has 0 fully saturated rings. The van der Waals surface area contributed by atoms with Gasteiger partial charge in [-0.3, -0.25) is 38.4 Å². The Balaban J connectivity index is 6.48. The van der Waals surface area contributed by atoms with Crippen molar-refractivity contribution in [3.05, 3.63) is 0 Å². The summed E-state index contributed by atoms with van der Waals surface area (Å²) in [7, 11) is 0. The van der Waals surface area contributed by atoms with Crippen LogP contribution >= 0.6 is 0 Å². The monoisotopic (exact) mass is 998 g/mol. The fourth-order valence-electron chi connectivity index (χ4n) is 7.56. The second-order valence-corrected chi connectivity index (χ2v) is 21.7. The third-order valence-electron chi connectivity index (χ3n) is 11.1. The number of nitrogens with two attached hydrogens (primary N) is 1. The normalized spacial score (nSPS) is 16.5. The number of carboxylic acids is 1. The van der Waals surface area contributed by atoms with Crippen molar-refractivity contribution in [3.63, 3.8) is 0 Å². The van der Waals surface area contributed by atoms with Crippen LogP contribution in [0.4, 0.5) is 0 Å². The molecular weight excluding hydrogens is 907 g/mol. The Morgan fingerprint density at radius 1 is 0.329 bits per heavy atom. The van der Waals surface area contributed by atoms with Crippen molar-refractivity contribution < 1.29 is 58.5 Å². The van der Waals surface area contributed by atoms with Gasteiger partial charge in [0.15, 0.2) is 0 Å². The number of hydrogen-bond donors (Lipinski definition) is 12. The van der Waals surface area contributed by atoms with Crippen molar-refractivity contribution >= 4 is 53.2 Å². The molecule has 21 nitrogen and oxygen atoms in total. The van der Waals surface area contributed by atoms with E-state index in [1.807, 2.05) is 55.4 Å². The quantitative estimate of drug-likeness (QED) is 0.0448. The van der Waals surface area contributed by atoms with Gasteiger partial charge in [0, 0.05) is 0 Å². The van der Waals surface area contributed by atoms with Crippen molar-refractivity contribution in [1.29, 1.82) is 0 Å². The lowest BCUT2D eigenvalue weighted by Crippen LogP contribution is -2.63. The van der Waals surface area contributed by atoms with Gasteiger partial charge in [-0.2, -0.15) is 0 Å². The molecule has 0 saturated heterocycles. The molecule has 70 heavy (non-hydrogen) atoms. The lowest BCUT2D eigenvalue weighted by molar-refractivity contribution is -0.143. The van der Waals surface area contributed by atoms with Crippen molar-refractivity contribution in [2.45, 2.75) is 216 Å². The number of amides is 8. The summed E-state index contributed by atoms with van der Waals surface area (Å²) < 4.78 is 0. The van der Waals surface area contributed by atoms with E-state index in [1.54, 1.807) is 41.5 Å². The average molecular weight is 998 g/mol. The molecule has 13 N–H and O–H groups in total. The first-order valence-corrected chi connectivity index (χ1v) is 25.0. The number of nitrogens with one attached hydrogen (secondary N) is 8. The summed E-state index contributed by atoms with van der Waals surface area (Å²) in [6, 6.07) is -11.4. The van der Waals surface area contributed by atoms with Crippen molar-refractivity contribution in [2.24, 2.45) is 47.2 Å². The Hall–Kier alpha value is -4.89. The molecule has 0 radical (unpaired) electrons. The highest BCUT2D eigenvalue weighted by Crippen LogP contribution is 2.15. The Labute approximate surface area is 416 Å². The van der Waals surface area contributed by atoms with Gasteiger partial charge in [-0.15, -0.1) is 0 Å². The average Bonchev–Trinajstić information content (AvgIpc) is 3.20. The van der Waals surface area contributed by atoms with Crippen molar-refractivity contribution in [1.82, 2.24) is 42.5 Å². The van der Waals surface area contributed by atoms with Gasteiger partial charge >= 0.3 is 5.97 Å². The van der Waals surface area contributed by atoms with Crippen LogP contribution in [-0.4, -0.2) is 135 Å². The Morgan fingerprint density at radius 2 is 0.557 bits per heavy atom. The molecule has 0 heterocycles. The van der Waals surface area contributed by atoms with Crippen LogP contribution in [0, 0.1) is 41.4 Å². The van der Waals surface area contributed by atoms with Crippen LogP contribution < -0.4 is 48.3 Å². The van der Waals surface area contributed by atoms with Crippen LogP contribution in [0.1, 0.15) is 149 Å². The molecule has 0 saturated carbocycles. The minimum atomic E-state index is -1.65. The molecule has 0 aromatic carbocycles. The largest absolute Gasteiger partial charge is 0.480 e. The van der Waals surface area contributed by atoms with Crippen LogP contribution in [0.5, 0.6) is 0 Å². The van der Waals surface area contributed by atoms with Gasteiger partial charge in [0.1, 0.15) is 48.3 Å². The van der Waals surface area contributed by atoms with Gasteiger partial charge in [0.25, 0.3) is 0 Å². The number of rotatable bonds is 32. The molecule has 404 valence electrons. The van der Waals surface area contributed by atoms with E-state index < -0.39 is 126 Å². The standard InChI is InChI=1S/C49H91N9O12/c1-23(2)17-32(50)41(61)51-33(18-24(3)4)42(62)52-34(19-25(5)6)43(63)53-35(20-26(7)8)44(64)58-40(31(16)60)48(68)56-38(29(13)14)46(66)54-36(21-27(9)10)45(65)57-39(30(15)59)47(67)55-37(49(69)70)22-28(11)12/h23-40,59-60H,17-22,50H2,1-16H3,(H,51,61)(H,52,62)(H,53,63)(H,54,66)(H,55,67)(H,56,68)(H,57,65)(H,58,64)(H,69,70)/t30-,31-,32+,33+,34+,35+,36+,37+,38+,39+,40+/m1/s1. The summed E-state index contributed by atoms with van der Waals surface area (Å²) in [5, 5.41) is 51.7. The number of aliphatic hydroxyl groups is 2. The zero-order valence-corrected chi connectivity index (χ0v) is 44.7. The maximum Gasteiger partial charge on any atom is 0.326 e. The number of aliphatic hydroxyl groups excluding tert-OH is 2. The van der Waals surface area contributed by atoms with Crippen molar-refractivity contribution in [2.75, 3.05) is 0 Å². The summed E-state index contributed by atoms with van der Waals surface area (Å²) in [6.07, 6.45) is -1.93. The van der Waals surface area contributed by atoms with E-state index in [9.17, 15) is 58.5 Å². The first-order chi connectivity index (χ1) is 32.2. The summed E-state index contributed by atoms with van der Waals surface area (Å²) in [5.74, 6) is -8.58. The lowest BCUT2D eigenvalue weighted by atomic mass is 9.98. The summed E-state index contributed by atoms with van der Waals surface area (Å²) in [4.78, 5) is 121. The summed E-state index contributed by atoms with van der Waals surface area (Å²) >= 11 is 0. The number of carbonyl (C=O) groups excluding carboxylic acids is 8. The molecule has 0 unspecified atom stereocenters. The lowest BCUT2D eigenvalue weighted by Gasteiger charge is -2.31. The molecule has 0 aliphatic carbocycles. The first kappa shape index (κ1) is 65.1. The highest BCUT2D eigenvalue weighted by molar-refractivity contribution is 5.98. The third-order valence-corrected chi connectivity index (χ3v) is 11.1. The minimum absolute atomic E-state index is 0.0146. The predicted octanol–water partition coefficient (Wildman–Crippen LogP) is 0.971. The number of aliphatic carboxylic acids is 1. The second-order valence-electron chi connectivity index (χ2n) is 21.7. The topological polar surface area (TPSA) is 337 Å². The van der Waals surface area contributed by atoms with Gasteiger partial charge in [-0.25, -0.2) is 4.79 Å². The van der Waals surface area contributed by atoms with Crippen LogP contribution in [-0.2, 0) is 43.2 Å². The van der Waals surface area contributed by atoms with E-state index in [4.69, 9.17) is 5.73 Å². The highest BCUT2D eigenvalue weighted by Gasteiger charge is 2.38. The molecule has 21 heteroatoms. The zero-order chi connectivity index (χ0) is 54.5. The first-order valence-electron chi connectivity index (χ1n) is 25.0. The SMILES string of the molecule is CC(C)C[C@H](NC(=O)[C@@H](NC(=O)[C@H](CC(C)C)NC(=O)[C@@H](NC(=O)[C@@H](NC(=O)[C@H](CC(C)C)NC(=O)[C@H](CC(C)C)NC(=O)[C@H](CC(C)C)NC(=O)[C@@H](N)CC(C)C)[C@@H](C)O)C(C)C)[C@@H](C)O)C(=O)O. The molecule has 8 amide bonds. The summed E-state index contributed by atoms with van der Waals surface area (Å²) in [6.45, 7) is 27.7. The smallest absolute Gasteiger partial charge is 0.326 e. The van der Waals surface area contributed by atoms with E-state index in [2.05, 4.69) is 42.5 Å². The van der Waals surface area contributed by atoms with E-state index >= 15 is 0 Å². The van der Waals surface area contributed by atoms with E-state index in [-0.39, 0.29) is 67.6 Å². The van der Waals surface area contributed by atoms with Gasteiger partial charge in [-0.1, -0.05) is 96.9 Å². The van der Waals surface area contributed by atoms with Crippen LogP contribution in [0.2, 0.25) is 0 Å². The molecule has 0 aromatic rings. The van der Waals surface area contributed by atoms with Crippen LogP contribution in [0.25, 0.3) is 0 Å². The van der Waals surface area contributed by atoms with Gasteiger partial charge < -0.3 is 63.6 Å². The Bertz CT molecular complexity index is 1720. The molecule has 11 atom stereocenters. The summed E-state index contributed by atoms with van der Waals surface area (Å²) in [5.41, 5.74) is 6.11. The predicted molar refractivity (Wildman–Crippen MR) is 266 cm³/mol. The molecule has 0 aliphatic heterocycles. The molecular formula is C49H91N9O12. The van der Waals surface area contributed by atoms with E-state index in [0.717, 1.165) is 0 Å². The van der Waals surface area contributed by atoms with Gasteiger partial charge in [0.05, 0.1) is 18.2 Å². The van der Waals surface area contributed by atoms with Crippen molar-refractivity contribution in [3.8, 4) is 0 Å². The zero-order valence-electron chi connectivity index (χ0n) is 44.7. The molecule has 0 aromatic heterocycles. The van der Waals surface area contributed by atoms with E-state index in [0.29, 0.717) is 6.42 Å². The third kappa shape index (κ3) is 24.8. The minimum Gasteiger partial charge on any atom is -0.480 e. The van der Waals surface area contributed by atoms with Gasteiger partial charge in [0.2, 0.25) is 47.3 Å². The molecule has 0 spiro atoms. The molecule has 0 aliphatic rings. The highest BCUT2D eigenvalue weighted by atomic mass is 16.4. The van der Waals surface area contributed by atoms with Crippen LogP contribution in [0.15, 0.2) is 0 Å². The van der Waals surface area contributed by atoms with Gasteiger partial charge in [-0.05, 0) is 93.8 Å². The fraction of sp³-hybridized carbons (Fsp3) is 0.816. The van der Waals surface area contributed by atoms with Crippen LogP contribution in [0.3, 0.4) is 0 Å². The number of carboxylic acid groups (broad SMARTS) is 1. The number of hydrogen-bond acceptors (Lipinski definition) is 12. The maximum atomic E-state index is 14.0. The maximum absolute atomic E-state index is 14.0. The second kappa shape index (κ2) is 31.4. The Kier molecular flexibility index (Phi) is 29.2.